The first-order chi connectivity index (χ1) is 12.0. The van der Waals surface area contributed by atoms with E-state index in [1.807, 2.05) is 0 Å². The standard InChI is InChI=1S/C18H13BrClNO4/c19-12-4-7-14-15(10-12)17(23)21(16(14)22)8-1-9-25-18(24)11-2-5-13(20)6-3-11/h2-7,10H,1,8-9H2. The molecule has 0 spiro atoms. The number of halogens is 2. The number of nitrogens with zero attached hydrogens (tertiary/aromatic N) is 1. The molecule has 1 heterocycles. The molecule has 0 N–H and O–H groups in total. The maximum atomic E-state index is 12.3. The fourth-order valence-corrected chi connectivity index (χ4v) is 3.01. The second kappa shape index (κ2) is 7.37. The Morgan fingerprint density at radius 3 is 2.44 bits per heavy atom. The quantitative estimate of drug-likeness (QED) is 0.416. The van der Waals surface area contributed by atoms with Gasteiger partial charge in [-0.05, 0) is 48.9 Å². The van der Waals surface area contributed by atoms with Gasteiger partial charge in [-0.3, -0.25) is 14.5 Å². The topological polar surface area (TPSA) is 63.7 Å². The smallest absolute Gasteiger partial charge is 0.338 e. The first-order valence-corrected chi connectivity index (χ1v) is 8.73. The van der Waals surface area contributed by atoms with Crippen LogP contribution in [0.25, 0.3) is 0 Å². The van der Waals surface area contributed by atoms with Crippen LogP contribution in [0.5, 0.6) is 0 Å². The number of hydrogen-bond donors (Lipinski definition) is 0. The zero-order chi connectivity index (χ0) is 18.0. The summed E-state index contributed by atoms with van der Waals surface area (Å²) in [5.74, 6) is -1.12. The van der Waals surface area contributed by atoms with Crippen LogP contribution >= 0.6 is 27.5 Å². The minimum atomic E-state index is -0.469. The van der Waals surface area contributed by atoms with Crippen molar-refractivity contribution in [3.8, 4) is 0 Å². The van der Waals surface area contributed by atoms with Crippen LogP contribution in [0.1, 0.15) is 37.5 Å². The van der Waals surface area contributed by atoms with Gasteiger partial charge in [0.2, 0.25) is 0 Å². The molecule has 2 aromatic carbocycles. The van der Waals surface area contributed by atoms with E-state index in [0.717, 1.165) is 4.47 Å². The number of benzene rings is 2. The second-order valence-corrected chi connectivity index (χ2v) is 6.80. The minimum Gasteiger partial charge on any atom is -0.462 e. The molecule has 0 saturated carbocycles. The summed E-state index contributed by atoms with van der Waals surface area (Å²) in [6.07, 6.45) is 0.367. The minimum absolute atomic E-state index is 0.110. The molecule has 2 aromatic rings. The number of esters is 1. The van der Waals surface area contributed by atoms with E-state index in [9.17, 15) is 14.4 Å². The van der Waals surface area contributed by atoms with Crippen LogP contribution in [0, 0.1) is 0 Å². The van der Waals surface area contributed by atoms with Gasteiger partial charge in [-0.2, -0.15) is 0 Å². The molecule has 0 fully saturated rings. The highest BCUT2D eigenvalue weighted by atomic mass is 79.9. The lowest BCUT2D eigenvalue weighted by molar-refractivity contribution is 0.0482. The predicted octanol–water partition coefficient (Wildman–Crippen LogP) is 3.95. The van der Waals surface area contributed by atoms with Gasteiger partial charge in [0, 0.05) is 16.0 Å². The molecule has 1 aliphatic heterocycles. The zero-order valence-electron chi connectivity index (χ0n) is 13.0. The summed E-state index contributed by atoms with van der Waals surface area (Å²) in [7, 11) is 0. The molecule has 5 nitrogen and oxygen atoms in total. The Kier molecular flexibility index (Phi) is 5.20. The van der Waals surface area contributed by atoms with Gasteiger partial charge in [0.25, 0.3) is 11.8 Å². The molecule has 0 unspecified atom stereocenters. The molecular formula is C18H13BrClNO4. The van der Waals surface area contributed by atoms with E-state index in [0.29, 0.717) is 28.1 Å². The van der Waals surface area contributed by atoms with E-state index < -0.39 is 5.97 Å². The summed E-state index contributed by atoms with van der Waals surface area (Å²) in [5.41, 5.74) is 1.18. The third-order valence-corrected chi connectivity index (χ3v) is 4.52. The fraction of sp³-hybridized carbons (Fsp3) is 0.167. The number of fused-ring (bicyclic) bond motifs is 1. The summed E-state index contributed by atoms with van der Waals surface area (Å²) in [5, 5.41) is 0.536. The van der Waals surface area contributed by atoms with Gasteiger partial charge in [-0.1, -0.05) is 27.5 Å². The van der Waals surface area contributed by atoms with Crippen molar-refractivity contribution in [1.82, 2.24) is 4.90 Å². The van der Waals surface area contributed by atoms with Crippen LogP contribution in [0.3, 0.4) is 0 Å². The van der Waals surface area contributed by atoms with Gasteiger partial charge in [0.15, 0.2) is 0 Å². The largest absolute Gasteiger partial charge is 0.462 e. The molecule has 3 rings (SSSR count). The molecule has 7 heteroatoms. The molecular weight excluding hydrogens is 410 g/mol. The Morgan fingerprint density at radius 2 is 1.72 bits per heavy atom. The van der Waals surface area contributed by atoms with Gasteiger partial charge < -0.3 is 4.74 Å². The predicted molar refractivity (Wildman–Crippen MR) is 95.9 cm³/mol. The van der Waals surface area contributed by atoms with Crippen LogP contribution in [0.2, 0.25) is 5.02 Å². The van der Waals surface area contributed by atoms with Crippen molar-refractivity contribution in [3.05, 3.63) is 68.7 Å². The Labute approximate surface area is 157 Å². The Morgan fingerprint density at radius 1 is 1.04 bits per heavy atom. The number of carbonyl (C=O) groups excluding carboxylic acids is 3. The van der Waals surface area contributed by atoms with Crippen molar-refractivity contribution >= 4 is 45.3 Å². The summed E-state index contributed by atoms with van der Waals surface area (Å²) in [6.45, 7) is 0.302. The van der Waals surface area contributed by atoms with Gasteiger partial charge >= 0.3 is 5.97 Å². The number of hydrogen-bond acceptors (Lipinski definition) is 4. The Bertz CT molecular complexity index is 851. The lowest BCUT2D eigenvalue weighted by Gasteiger charge is -2.13. The summed E-state index contributed by atoms with van der Waals surface area (Å²) in [6, 6.07) is 11.3. The molecule has 0 radical (unpaired) electrons. The lowest BCUT2D eigenvalue weighted by Crippen LogP contribution is -2.31. The maximum absolute atomic E-state index is 12.3. The van der Waals surface area contributed by atoms with Crippen LogP contribution in [0.15, 0.2) is 46.9 Å². The number of rotatable bonds is 5. The molecule has 128 valence electrons. The first-order valence-electron chi connectivity index (χ1n) is 7.56. The van der Waals surface area contributed by atoms with Gasteiger partial charge in [-0.15, -0.1) is 0 Å². The Hall–Kier alpha value is -2.18. The fourth-order valence-electron chi connectivity index (χ4n) is 2.52. The normalized spacial score (nSPS) is 13.1. The van der Waals surface area contributed by atoms with Crippen LogP contribution in [-0.4, -0.2) is 35.8 Å². The Balaban J connectivity index is 1.53. The van der Waals surface area contributed by atoms with E-state index in [-0.39, 0.29) is 25.0 Å². The molecule has 0 bridgehead atoms. The van der Waals surface area contributed by atoms with Crippen molar-refractivity contribution < 1.29 is 19.1 Å². The van der Waals surface area contributed by atoms with Crippen LogP contribution < -0.4 is 0 Å². The number of amides is 2. The van der Waals surface area contributed by atoms with Gasteiger partial charge in [0.05, 0.1) is 23.3 Å². The lowest BCUT2D eigenvalue weighted by atomic mass is 10.1. The third kappa shape index (κ3) is 3.75. The molecule has 2 amide bonds. The average Bonchev–Trinajstić information content (AvgIpc) is 2.83. The molecule has 0 aromatic heterocycles. The number of carbonyl (C=O) groups is 3. The first kappa shape index (κ1) is 17.6. The molecule has 0 atom stereocenters. The monoisotopic (exact) mass is 421 g/mol. The van der Waals surface area contributed by atoms with Crippen molar-refractivity contribution in [1.29, 1.82) is 0 Å². The number of imide groups is 1. The van der Waals surface area contributed by atoms with Crippen LogP contribution in [-0.2, 0) is 4.74 Å². The average molecular weight is 423 g/mol. The van der Waals surface area contributed by atoms with Gasteiger partial charge in [-0.25, -0.2) is 4.79 Å². The molecule has 1 aliphatic rings. The van der Waals surface area contributed by atoms with Crippen LogP contribution in [0.4, 0.5) is 0 Å². The van der Waals surface area contributed by atoms with E-state index in [2.05, 4.69) is 15.9 Å². The molecule has 25 heavy (non-hydrogen) atoms. The van der Waals surface area contributed by atoms with Crippen molar-refractivity contribution in [2.24, 2.45) is 0 Å². The van der Waals surface area contributed by atoms with Crippen molar-refractivity contribution in [3.63, 3.8) is 0 Å². The summed E-state index contributed by atoms with van der Waals surface area (Å²) < 4.78 is 5.90. The highest BCUT2D eigenvalue weighted by Gasteiger charge is 2.35. The van der Waals surface area contributed by atoms with E-state index >= 15 is 0 Å². The third-order valence-electron chi connectivity index (χ3n) is 3.77. The van der Waals surface area contributed by atoms with E-state index in [4.69, 9.17) is 16.3 Å². The van der Waals surface area contributed by atoms with E-state index in [1.54, 1.807) is 42.5 Å². The zero-order valence-corrected chi connectivity index (χ0v) is 15.3. The second-order valence-electron chi connectivity index (χ2n) is 5.45. The van der Waals surface area contributed by atoms with Crippen molar-refractivity contribution in [2.75, 3.05) is 13.2 Å². The van der Waals surface area contributed by atoms with Gasteiger partial charge in [0.1, 0.15) is 0 Å². The highest BCUT2D eigenvalue weighted by molar-refractivity contribution is 9.10. The molecule has 0 aliphatic carbocycles. The van der Waals surface area contributed by atoms with Crippen molar-refractivity contribution in [2.45, 2.75) is 6.42 Å². The SMILES string of the molecule is O=C(OCCCN1C(=O)c2ccc(Br)cc2C1=O)c1ccc(Cl)cc1. The molecule has 0 saturated heterocycles. The number of ether oxygens (including phenoxy) is 1. The summed E-state index contributed by atoms with van der Waals surface area (Å²) >= 11 is 9.06. The summed E-state index contributed by atoms with van der Waals surface area (Å²) in [4.78, 5) is 37.6. The maximum Gasteiger partial charge on any atom is 0.338 e. The highest BCUT2D eigenvalue weighted by Crippen LogP contribution is 2.26. The van der Waals surface area contributed by atoms with E-state index in [1.165, 1.54) is 4.90 Å².